The summed E-state index contributed by atoms with van der Waals surface area (Å²) in [6, 6.07) is 3.77. The molecule has 0 radical (unpaired) electrons. The molecule has 27 heavy (non-hydrogen) atoms. The van der Waals surface area contributed by atoms with Gasteiger partial charge in [0.2, 0.25) is 0 Å². The molecule has 1 aliphatic rings. The first-order valence-electron chi connectivity index (χ1n) is 10.4. The van der Waals surface area contributed by atoms with Crippen molar-refractivity contribution in [1.29, 1.82) is 0 Å². The van der Waals surface area contributed by atoms with E-state index in [1.165, 1.54) is 25.7 Å². The van der Waals surface area contributed by atoms with Crippen molar-refractivity contribution in [3.8, 4) is 5.75 Å². The van der Waals surface area contributed by atoms with E-state index in [2.05, 4.69) is 27.4 Å². The first-order valence-corrected chi connectivity index (χ1v) is 12.0. The zero-order valence-corrected chi connectivity index (χ0v) is 18.4. The predicted octanol–water partition coefficient (Wildman–Crippen LogP) is 6.30. The Morgan fingerprint density at radius 1 is 1.15 bits per heavy atom. The van der Waals surface area contributed by atoms with Gasteiger partial charge in [0, 0.05) is 5.56 Å². The second kappa shape index (κ2) is 9.27. The Bertz CT molecular complexity index is 760. The highest BCUT2D eigenvalue weighted by Crippen LogP contribution is 2.41. The van der Waals surface area contributed by atoms with Crippen LogP contribution in [0.4, 0.5) is 0 Å². The van der Waals surface area contributed by atoms with Gasteiger partial charge in [-0.2, -0.15) is 0 Å². The van der Waals surface area contributed by atoms with Crippen LogP contribution in [-0.2, 0) is 15.3 Å². The molecule has 0 spiro atoms. The van der Waals surface area contributed by atoms with E-state index >= 15 is 0 Å². The summed E-state index contributed by atoms with van der Waals surface area (Å²) in [6.45, 7) is 13.1. The minimum Gasteiger partial charge on any atom is -0.493 e. The SMILES string of the molecule is C=C(C)c1cc2c(cc1OCCCCCCCC)S(=O)(=O)CCCC2(C)C. The molecule has 0 saturated heterocycles. The van der Waals surface area contributed by atoms with Gasteiger partial charge in [-0.3, -0.25) is 0 Å². The number of fused-ring (bicyclic) bond motifs is 1. The van der Waals surface area contributed by atoms with Gasteiger partial charge in [-0.15, -0.1) is 0 Å². The van der Waals surface area contributed by atoms with E-state index in [1.807, 2.05) is 13.0 Å². The van der Waals surface area contributed by atoms with Crippen molar-refractivity contribution in [1.82, 2.24) is 0 Å². The number of ether oxygens (including phenoxy) is 1. The number of unbranched alkanes of at least 4 members (excludes halogenated alkanes) is 5. The fraction of sp³-hybridized carbons (Fsp3) is 0.652. The average molecular weight is 393 g/mol. The second-order valence-corrected chi connectivity index (χ2v) is 10.6. The molecule has 3 nitrogen and oxygen atoms in total. The lowest BCUT2D eigenvalue weighted by Gasteiger charge is -2.26. The minimum atomic E-state index is -3.27. The highest BCUT2D eigenvalue weighted by Gasteiger charge is 2.34. The molecule has 0 aromatic heterocycles. The van der Waals surface area contributed by atoms with Gasteiger partial charge in [0.05, 0.1) is 17.3 Å². The van der Waals surface area contributed by atoms with Crippen LogP contribution < -0.4 is 4.74 Å². The fourth-order valence-corrected chi connectivity index (χ4v) is 5.51. The Hall–Kier alpha value is -1.29. The van der Waals surface area contributed by atoms with Crippen molar-refractivity contribution in [3.05, 3.63) is 29.8 Å². The number of hydrogen-bond acceptors (Lipinski definition) is 3. The van der Waals surface area contributed by atoms with E-state index in [0.717, 1.165) is 36.0 Å². The summed E-state index contributed by atoms with van der Waals surface area (Å²) in [4.78, 5) is 0.452. The number of sulfone groups is 1. The summed E-state index contributed by atoms with van der Waals surface area (Å²) in [5.74, 6) is 0.878. The van der Waals surface area contributed by atoms with Crippen LogP contribution >= 0.6 is 0 Å². The van der Waals surface area contributed by atoms with E-state index in [4.69, 9.17) is 4.74 Å². The van der Waals surface area contributed by atoms with Crippen molar-refractivity contribution < 1.29 is 13.2 Å². The van der Waals surface area contributed by atoms with Crippen LogP contribution in [0.25, 0.3) is 5.57 Å². The molecule has 0 N–H and O–H groups in total. The molecular formula is C23H36O3S. The normalized spacial score (nSPS) is 17.8. The molecule has 1 aliphatic heterocycles. The summed E-state index contributed by atoms with van der Waals surface area (Å²) in [7, 11) is -3.27. The number of benzene rings is 1. The predicted molar refractivity (Wildman–Crippen MR) is 114 cm³/mol. The summed E-state index contributed by atoms with van der Waals surface area (Å²) in [6.07, 6.45) is 8.76. The number of rotatable bonds is 9. The largest absolute Gasteiger partial charge is 0.493 e. The third-order valence-corrected chi connectivity index (χ3v) is 7.41. The maximum atomic E-state index is 12.8. The molecule has 1 heterocycles. The summed E-state index contributed by atoms with van der Waals surface area (Å²) >= 11 is 0. The molecule has 152 valence electrons. The quantitative estimate of drug-likeness (QED) is 0.463. The Labute approximate surface area is 166 Å². The smallest absolute Gasteiger partial charge is 0.178 e. The zero-order valence-electron chi connectivity index (χ0n) is 17.6. The first kappa shape index (κ1) is 22.0. The third kappa shape index (κ3) is 5.60. The van der Waals surface area contributed by atoms with E-state index in [0.29, 0.717) is 23.7 Å². The van der Waals surface area contributed by atoms with Gasteiger partial charge in [0.25, 0.3) is 0 Å². The van der Waals surface area contributed by atoms with E-state index in [9.17, 15) is 8.42 Å². The molecule has 0 saturated carbocycles. The van der Waals surface area contributed by atoms with Crippen LogP contribution in [0.15, 0.2) is 23.6 Å². The molecule has 0 atom stereocenters. The van der Waals surface area contributed by atoms with Crippen molar-refractivity contribution in [3.63, 3.8) is 0 Å². The number of allylic oxidation sites excluding steroid dienone is 1. The van der Waals surface area contributed by atoms with Gasteiger partial charge in [0.15, 0.2) is 9.84 Å². The molecule has 0 aliphatic carbocycles. The lowest BCUT2D eigenvalue weighted by Crippen LogP contribution is -2.18. The highest BCUT2D eigenvalue weighted by molar-refractivity contribution is 7.91. The second-order valence-electron chi connectivity index (χ2n) is 8.55. The van der Waals surface area contributed by atoms with Gasteiger partial charge in [-0.25, -0.2) is 8.42 Å². The van der Waals surface area contributed by atoms with Crippen molar-refractivity contribution in [2.75, 3.05) is 12.4 Å². The van der Waals surface area contributed by atoms with E-state index in [1.54, 1.807) is 6.07 Å². The lowest BCUT2D eigenvalue weighted by atomic mass is 9.79. The van der Waals surface area contributed by atoms with Crippen LogP contribution in [0.5, 0.6) is 5.75 Å². The standard InChI is InChI=1S/C23H36O3S/c1-6-7-8-9-10-11-14-26-21-17-22-20(16-19(21)18(2)3)23(4,5)13-12-15-27(22,24)25/h16-17H,2,6-15H2,1,3-5H3. The summed E-state index contributed by atoms with van der Waals surface area (Å²) < 4.78 is 31.7. The number of hydrogen-bond donors (Lipinski definition) is 0. The Morgan fingerprint density at radius 3 is 2.48 bits per heavy atom. The average Bonchev–Trinajstić information content (AvgIpc) is 2.67. The minimum absolute atomic E-state index is 0.166. The van der Waals surface area contributed by atoms with Crippen LogP contribution in [-0.4, -0.2) is 20.8 Å². The molecule has 0 unspecified atom stereocenters. The van der Waals surface area contributed by atoms with E-state index in [-0.39, 0.29) is 11.2 Å². The highest BCUT2D eigenvalue weighted by atomic mass is 32.2. The lowest BCUT2D eigenvalue weighted by molar-refractivity contribution is 0.302. The van der Waals surface area contributed by atoms with Gasteiger partial charge < -0.3 is 4.74 Å². The Balaban J connectivity index is 2.25. The Morgan fingerprint density at radius 2 is 1.81 bits per heavy atom. The molecule has 4 heteroatoms. The summed E-state index contributed by atoms with van der Waals surface area (Å²) in [5, 5.41) is 0. The van der Waals surface area contributed by atoms with Crippen LogP contribution in [0.2, 0.25) is 0 Å². The maximum Gasteiger partial charge on any atom is 0.178 e. The molecule has 1 aromatic rings. The molecule has 0 fully saturated rings. The zero-order chi connectivity index (χ0) is 20.1. The molecule has 1 aromatic carbocycles. The van der Waals surface area contributed by atoms with Crippen LogP contribution in [0.3, 0.4) is 0 Å². The Kier molecular flexibility index (Phi) is 7.55. The van der Waals surface area contributed by atoms with Crippen LogP contribution in [0, 0.1) is 0 Å². The molecular weight excluding hydrogens is 356 g/mol. The third-order valence-electron chi connectivity index (χ3n) is 5.58. The van der Waals surface area contributed by atoms with Crippen LogP contribution in [0.1, 0.15) is 90.2 Å². The maximum absolute atomic E-state index is 12.8. The fourth-order valence-electron chi connectivity index (χ4n) is 3.81. The van der Waals surface area contributed by atoms with Gasteiger partial charge >= 0.3 is 0 Å². The summed E-state index contributed by atoms with van der Waals surface area (Å²) in [5.41, 5.74) is 2.59. The molecule has 0 amide bonds. The van der Waals surface area contributed by atoms with E-state index < -0.39 is 9.84 Å². The molecule has 0 bridgehead atoms. The van der Waals surface area contributed by atoms with Crippen molar-refractivity contribution in [2.45, 2.75) is 89.4 Å². The van der Waals surface area contributed by atoms with Crippen molar-refractivity contribution >= 4 is 15.4 Å². The molecule has 2 rings (SSSR count). The first-order chi connectivity index (χ1) is 12.7. The van der Waals surface area contributed by atoms with Gasteiger partial charge in [-0.05, 0) is 54.9 Å². The topological polar surface area (TPSA) is 43.4 Å². The van der Waals surface area contributed by atoms with Gasteiger partial charge in [-0.1, -0.05) is 59.5 Å². The monoisotopic (exact) mass is 392 g/mol. The van der Waals surface area contributed by atoms with Crippen molar-refractivity contribution in [2.24, 2.45) is 0 Å². The van der Waals surface area contributed by atoms with Gasteiger partial charge in [0.1, 0.15) is 5.75 Å².